The number of ether oxygens (including phenoxy) is 2. The van der Waals surface area contributed by atoms with Gasteiger partial charge in [0, 0.05) is 5.56 Å². The van der Waals surface area contributed by atoms with E-state index in [2.05, 4.69) is 11.4 Å². The van der Waals surface area contributed by atoms with Gasteiger partial charge in [-0.3, -0.25) is 14.4 Å². The average molecular weight is 413 g/mol. The second-order valence-electron chi connectivity index (χ2n) is 7.59. The van der Waals surface area contributed by atoms with E-state index in [0.717, 1.165) is 17.5 Å². The van der Waals surface area contributed by atoms with E-state index in [9.17, 15) is 14.4 Å². The highest BCUT2D eigenvalue weighted by Crippen LogP contribution is 2.37. The predicted octanol–water partition coefficient (Wildman–Crippen LogP) is 3.77. The number of fused-ring (bicyclic) bond motifs is 4. The van der Waals surface area contributed by atoms with Crippen LogP contribution in [-0.2, 0) is 20.7 Å². The molecule has 0 radical (unpaired) electrons. The zero-order valence-corrected chi connectivity index (χ0v) is 16.6. The molecule has 5 rings (SSSR count). The summed E-state index contributed by atoms with van der Waals surface area (Å²) < 4.78 is 10.7. The first-order valence-corrected chi connectivity index (χ1v) is 10.0. The van der Waals surface area contributed by atoms with Gasteiger partial charge < -0.3 is 14.8 Å². The van der Waals surface area contributed by atoms with E-state index in [1.54, 1.807) is 30.3 Å². The lowest BCUT2D eigenvalue weighted by molar-refractivity contribution is -0.146. The molecule has 0 aromatic heterocycles. The lowest BCUT2D eigenvalue weighted by Gasteiger charge is -2.25. The van der Waals surface area contributed by atoms with Crippen molar-refractivity contribution in [3.8, 4) is 16.9 Å². The molecule has 2 aliphatic rings. The van der Waals surface area contributed by atoms with Gasteiger partial charge >= 0.3 is 5.97 Å². The van der Waals surface area contributed by atoms with Gasteiger partial charge in [-0.15, -0.1) is 0 Å². The molecular formula is C25H19NO5. The average Bonchev–Trinajstić information content (AvgIpc) is 3.16. The van der Waals surface area contributed by atoms with Crippen LogP contribution in [0, 0.1) is 0 Å². The van der Waals surface area contributed by atoms with Crippen LogP contribution in [-0.4, -0.2) is 30.4 Å². The van der Waals surface area contributed by atoms with E-state index in [4.69, 9.17) is 9.47 Å². The third kappa shape index (κ3) is 3.68. The molecule has 3 aromatic carbocycles. The fourth-order valence-corrected chi connectivity index (χ4v) is 3.96. The van der Waals surface area contributed by atoms with Gasteiger partial charge in [0.25, 0.3) is 5.91 Å². The smallest absolute Gasteiger partial charge is 0.310 e. The van der Waals surface area contributed by atoms with Crippen LogP contribution in [0.15, 0.2) is 66.7 Å². The Morgan fingerprint density at radius 2 is 1.74 bits per heavy atom. The number of carbonyl (C=O) groups excluding carboxylic acids is 3. The molecule has 0 bridgehead atoms. The Bertz CT molecular complexity index is 1220. The van der Waals surface area contributed by atoms with Gasteiger partial charge in [-0.2, -0.15) is 0 Å². The number of ketones is 1. The minimum absolute atomic E-state index is 0.273. The summed E-state index contributed by atoms with van der Waals surface area (Å²) >= 11 is 0. The largest absolute Gasteiger partial charge is 0.478 e. The van der Waals surface area contributed by atoms with Crippen LogP contribution in [0.4, 0.5) is 5.69 Å². The number of para-hydroxylation sites is 2. The lowest BCUT2D eigenvalue weighted by Crippen LogP contribution is -2.39. The van der Waals surface area contributed by atoms with E-state index < -0.39 is 18.0 Å². The lowest BCUT2D eigenvalue weighted by atomic mass is 10.0. The molecule has 3 aromatic rings. The highest BCUT2D eigenvalue weighted by molar-refractivity contribution is 6.01. The zero-order valence-electron chi connectivity index (χ0n) is 16.6. The van der Waals surface area contributed by atoms with E-state index >= 15 is 0 Å². The molecule has 1 amide bonds. The van der Waals surface area contributed by atoms with E-state index in [-0.39, 0.29) is 18.8 Å². The van der Waals surface area contributed by atoms with Crippen molar-refractivity contribution in [3.63, 3.8) is 0 Å². The van der Waals surface area contributed by atoms with Crippen molar-refractivity contribution in [2.45, 2.75) is 18.9 Å². The molecule has 6 heteroatoms. The first kappa shape index (κ1) is 19.1. The summed E-state index contributed by atoms with van der Waals surface area (Å²) in [4.78, 5) is 37.0. The summed E-state index contributed by atoms with van der Waals surface area (Å²) in [7, 11) is 0. The van der Waals surface area contributed by atoms with Gasteiger partial charge in [-0.25, -0.2) is 0 Å². The fraction of sp³-hybridized carbons (Fsp3) is 0.160. The van der Waals surface area contributed by atoms with E-state index in [1.165, 1.54) is 11.1 Å². The third-order valence-corrected chi connectivity index (χ3v) is 5.54. The maximum Gasteiger partial charge on any atom is 0.310 e. The van der Waals surface area contributed by atoms with Crippen molar-refractivity contribution >= 4 is 23.3 Å². The zero-order chi connectivity index (χ0) is 21.4. The van der Waals surface area contributed by atoms with Gasteiger partial charge in [-0.1, -0.05) is 48.5 Å². The Labute approximate surface area is 178 Å². The summed E-state index contributed by atoms with van der Waals surface area (Å²) in [5, 5.41) is 2.70. The number of benzene rings is 3. The van der Waals surface area contributed by atoms with Crippen LogP contribution >= 0.6 is 0 Å². The van der Waals surface area contributed by atoms with E-state index in [0.29, 0.717) is 17.0 Å². The highest BCUT2D eigenvalue weighted by Gasteiger charge is 2.30. The topological polar surface area (TPSA) is 81.7 Å². The number of esters is 1. The normalized spacial score (nSPS) is 15.7. The van der Waals surface area contributed by atoms with Gasteiger partial charge in [0.2, 0.25) is 0 Å². The highest BCUT2D eigenvalue weighted by atomic mass is 16.5. The minimum atomic E-state index is -0.992. The van der Waals surface area contributed by atoms with Crippen molar-refractivity contribution in [3.05, 3.63) is 83.4 Å². The van der Waals surface area contributed by atoms with Crippen molar-refractivity contribution in [1.29, 1.82) is 0 Å². The Kier molecular flexibility index (Phi) is 4.75. The summed E-state index contributed by atoms with van der Waals surface area (Å²) in [5.41, 5.74) is 5.63. The molecule has 1 aliphatic heterocycles. The van der Waals surface area contributed by atoms with E-state index in [1.807, 2.05) is 30.3 Å². The quantitative estimate of drug-likeness (QED) is 0.398. The van der Waals surface area contributed by atoms with Crippen LogP contribution in [0.25, 0.3) is 11.1 Å². The molecule has 6 nitrogen and oxygen atoms in total. The number of anilines is 1. The molecule has 154 valence electrons. The summed E-state index contributed by atoms with van der Waals surface area (Å²) in [6.07, 6.45) is -0.416. The molecule has 1 atom stereocenters. The maximum absolute atomic E-state index is 12.6. The van der Waals surface area contributed by atoms with Crippen LogP contribution in [0.5, 0.6) is 5.75 Å². The SMILES string of the molecule is O=C(CC1Oc2ccccc2NC1=O)OCC(=O)c1ccc2c(c1)-c1ccccc1C2. The molecule has 1 aliphatic carbocycles. The van der Waals surface area contributed by atoms with Crippen LogP contribution < -0.4 is 10.1 Å². The molecule has 0 saturated heterocycles. The van der Waals surface area contributed by atoms with Gasteiger partial charge in [-0.05, 0) is 46.9 Å². The summed E-state index contributed by atoms with van der Waals surface area (Å²) in [6.45, 7) is -0.385. The Morgan fingerprint density at radius 1 is 0.968 bits per heavy atom. The number of hydrogen-bond acceptors (Lipinski definition) is 5. The summed E-state index contributed by atoms with van der Waals surface area (Å²) in [6, 6.07) is 20.7. The number of amides is 1. The van der Waals surface area contributed by atoms with Crippen molar-refractivity contribution in [2.75, 3.05) is 11.9 Å². The molecule has 0 spiro atoms. The monoisotopic (exact) mass is 413 g/mol. The van der Waals surface area contributed by atoms with Gasteiger partial charge in [0.15, 0.2) is 18.5 Å². The van der Waals surface area contributed by atoms with Crippen molar-refractivity contribution in [2.24, 2.45) is 0 Å². The predicted molar refractivity (Wildman–Crippen MR) is 114 cm³/mol. The Morgan fingerprint density at radius 3 is 2.65 bits per heavy atom. The Balaban J connectivity index is 1.21. The molecule has 31 heavy (non-hydrogen) atoms. The first-order chi connectivity index (χ1) is 15.1. The van der Waals surface area contributed by atoms with Crippen molar-refractivity contribution < 1.29 is 23.9 Å². The standard InChI is InChI=1S/C25H19NO5/c27-21(17-10-9-16-11-15-5-1-2-6-18(15)19(16)12-17)14-30-24(28)13-23-25(29)26-20-7-3-4-8-22(20)31-23/h1-10,12,23H,11,13-14H2,(H,26,29). The van der Waals surface area contributed by atoms with Crippen LogP contribution in [0.2, 0.25) is 0 Å². The number of carbonyl (C=O) groups is 3. The fourth-order valence-electron chi connectivity index (χ4n) is 3.96. The molecule has 0 saturated carbocycles. The number of rotatable bonds is 5. The van der Waals surface area contributed by atoms with Crippen LogP contribution in [0.1, 0.15) is 27.9 Å². The van der Waals surface area contributed by atoms with Gasteiger partial charge in [0.1, 0.15) is 5.75 Å². The van der Waals surface area contributed by atoms with Crippen molar-refractivity contribution in [1.82, 2.24) is 0 Å². The van der Waals surface area contributed by atoms with Crippen LogP contribution in [0.3, 0.4) is 0 Å². The summed E-state index contributed by atoms with van der Waals surface area (Å²) in [5.74, 6) is -0.882. The number of hydrogen-bond donors (Lipinski definition) is 1. The second kappa shape index (κ2) is 7.72. The molecule has 1 N–H and O–H groups in total. The number of nitrogens with one attached hydrogen (secondary N) is 1. The maximum atomic E-state index is 12.6. The molecular weight excluding hydrogens is 394 g/mol. The number of Topliss-reactive ketones (excluding diaryl/α,β-unsaturated/α-hetero) is 1. The van der Waals surface area contributed by atoms with Gasteiger partial charge in [0.05, 0.1) is 12.1 Å². The second-order valence-corrected chi connectivity index (χ2v) is 7.59. The molecule has 1 unspecified atom stereocenters. The third-order valence-electron chi connectivity index (χ3n) is 5.54. The molecule has 0 fully saturated rings. The minimum Gasteiger partial charge on any atom is -0.478 e. The Hall–Kier alpha value is -3.93. The first-order valence-electron chi connectivity index (χ1n) is 10.0. The molecule has 1 heterocycles.